The molecule has 3 aromatic rings. The Morgan fingerprint density at radius 1 is 1.00 bits per heavy atom. The van der Waals surface area contributed by atoms with E-state index >= 15 is 0 Å². The van der Waals surface area contributed by atoms with Crippen molar-refractivity contribution in [2.24, 2.45) is 7.05 Å². The normalized spacial score (nSPS) is 21.7. The van der Waals surface area contributed by atoms with Crippen molar-refractivity contribution < 1.29 is 4.79 Å². The highest BCUT2D eigenvalue weighted by Gasteiger charge is 2.28. The lowest BCUT2D eigenvalue weighted by Gasteiger charge is -2.23. The smallest absolute Gasteiger partial charge is 0.251 e. The molecular formula is C29H37N5O. The van der Waals surface area contributed by atoms with Crippen LogP contribution >= 0.6 is 0 Å². The Bertz CT molecular complexity index is 1120. The van der Waals surface area contributed by atoms with Gasteiger partial charge in [0.25, 0.3) is 5.91 Å². The molecule has 1 unspecified atom stereocenters. The second-order valence-corrected chi connectivity index (χ2v) is 10.2. The number of aromatic nitrogens is 2. The van der Waals surface area contributed by atoms with Crippen molar-refractivity contribution in [3.63, 3.8) is 0 Å². The third-order valence-electron chi connectivity index (χ3n) is 7.65. The van der Waals surface area contributed by atoms with Crippen molar-refractivity contribution in [2.45, 2.75) is 63.1 Å². The summed E-state index contributed by atoms with van der Waals surface area (Å²) in [4.78, 5) is 12.6. The first-order chi connectivity index (χ1) is 17.1. The summed E-state index contributed by atoms with van der Waals surface area (Å²) in [6.07, 6.45) is 5.45. The number of carbonyl (C=O) groups excluding carboxylic acids is 1. The molecule has 1 aromatic heterocycles. The van der Waals surface area contributed by atoms with E-state index in [1.54, 1.807) is 0 Å². The third-order valence-corrected chi connectivity index (χ3v) is 7.65. The van der Waals surface area contributed by atoms with Crippen LogP contribution in [0.15, 0.2) is 60.7 Å². The van der Waals surface area contributed by atoms with Gasteiger partial charge in [-0.25, -0.2) is 0 Å². The van der Waals surface area contributed by atoms with Crippen LogP contribution in [0.25, 0.3) is 11.3 Å². The number of piperidine rings is 1. The number of hydrogen-bond donors (Lipinski definition) is 3. The molecule has 2 aliphatic rings. The van der Waals surface area contributed by atoms with Crippen LogP contribution in [-0.4, -0.2) is 40.9 Å². The maximum atomic E-state index is 12.6. The zero-order chi connectivity index (χ0) is 24.2. The van der Waals surface area contributed by atoms with E-state index in [4.69, 9.17) is 5.10 Å². The fourth-order valence-electron chi connectivity index (χ4n) is 5.60. The molecular weight excluding hydrogens is 434 g/mol. The van der Waals surface area contributed by atoms with Gasteiger partial charge in [-0.1, -0.05) is 42.5 Å². The number of carbonyl (C=O) groups is 1. The summed E-state index contributed by atoms with van der Waals surface area (Å²) in [5.41, 5.74) is 5.51. The molecule has 0 bridgehead atoms. The van der Waals surface area contributed by atoms with E-state index in [-0.39, 0.29) is 18.0 Å². The lowest BCUT2D eigenvalue weighted by molar-refractivity contribution is 0.0929. The lowest BCUT2D eigenvalue weighted by atomic mass is 9.96. The Hall–Kier alpha value is -2.96. The van der Waals surface area contributed by atoms with Gasteiger partial charge in [-0.15, -0.1) is 0 Å². The molecule has 1 amide bonds. The molecule has 1 aliphatic carbocycles. The molecule has 3 N–H and O–H groups in total. The number of nitrogens with one attached hydrogen (secondary N) is 3. The minimum atomic E-state index is 0.0495. The third kappa shape index (κ3) is 5.65. The van der Waals surface area contributed by atoms with Crippen molar-refractivity contribution in [3.05, 3.63) is 77.5 Å². The van der Waals surface area contributed by atoms with Crippen LogP contribution in [0, 0.1) is 0 Å². The highest BCUT2D eigenvalue weighted by atomic mass is 16.1. The summed E-state index contributed by atoms with van der Waals surface area (Å²) in [5, 5.41) is 15.1. The topological polar surface area (TPSA) is 71.0 Å². The molecule has 2 fully saturated rings. The number of nitrogens with zero attached hydrogens (tertiary/aromatic N) is 2. The minimum Gasteiger partial charge on any atom is -0.349 e. The molecule has 3 atom stereocenters. The molecule has 1 saturated heterocycles. The van der Waals surface area contributed by atoms with Gasteiger partial charge >= 0.3 is 0 Å². The SMILES string of the molecule is C[C@@H](NC1CC[C@H](c2ccc(C(=O)NC3CCNCC3)cc2)C1)c1cc(-c2ccccc2)n(C)n1. The number of rotatable bonds is 7. The largest absolute Gasteiger partial charge is 0.349 e. The van der Waals surface area contributed by atoms with Crippen molar-refractivity contribution >= 4 is 5.91 Å². The monoisotopic (exact) mass is 471 g/mol. The van der Waals surface area contributed by atoms with Gasteiger partial charge in [0.05, 0.1) is 11.4 Å². The summed E-state index contributed by atoms with van der Waals surface area (Å²) < 4.78 is 1.98. The fourth-order valence-corrected chi connectivity index (χ4v) is 5.60. The van der Waals surface area contributed by atoms with Crippen molar-refractivity contribution in [2.75, 3.05) is 13.1 Å². The standard InChI is InChI=1S/C29H37N5O/c1-20(27-19-28(34(2)33-27)22-6-4-3-5-7-22)31-26-13-12-24(18-26)21-8-10-23(11-9-21)29(35)32-25-14-16-30-17-15-25/h3-11,19-20,24-26,30-31H,12-18H2,1-2H3,(H,32,35)/t20-,24+,26?/m1/s1. The zero-order valence-electron chi connectivity index (χ0n) is 20.8. The van der Waals surface area contributed by atoms with Gasteiger partial charge in [0.1, 0.15) is 0 Å². The second-order valence-electron chi connectivity index (χ2n) is 10.2. The van der Waals surface area contributed by atoms with Crippen molar-refractivity contribution in [1.29, 1.82) is 0 Å². The van der Waals surface area contributed by atoms with E-state index in [9.17, 15) is 4.79 Å². The molecule has 2 heterocycles. The van der Waals surface area contributed by atoms with Crippen LogP contribution < -0.4 is 16.0 Å². The maximum Gasteiger partial charge on any atom is 0.251 e. The van der Waals surface area contributed by atoms with Crippen LogP contribution in [0.3, 0.4) is 0 Å². The average molecular weight is 472 g/mol. The van der Waals surface area contributed by atoms with Gasteiger partial charge in [-0.2, -0.15) is 5.10 Å². The molecule has 35 heavy (non-hydrogen) atoms. The Balaban J connectivity index is 1.15. The van der Waals surface area contributed by atoms with Crippen LogP contribution in [0.2, 0.25) is 0 Å². The summed E-state index contributed by atoms with van der Waals surface area (Å²) >= 11 is 0. The quantitative estimate of drug-likeness (QED) is 0.473. The van der Waals surface area contributed by atoms with Gasteiger partial charge in [0.2, 0.25) is 0 Å². The molecule has 1 aliphatic heterocycles. The number of amides is 1. The van der Waals surface area contributed by atoms with E-state index in [1.807, 2.05) is 29.9 Å². The molecule has 0 spiro atoms. The van der Waals surface area contributed by atoms with Crippen LogP contribution in [-0.2, 0) is 7.05 Å². The van der Waals surface area contributed by atoms with E-state index in [0.29, 0.717) is 12.0 Å². The van der Waals surface area contributed by atoms with Gasteiger partial charge in [0, 0.05) is 30.7 Å². The average Bonchev–Trinajstić information content (AvgIpc) is 3.52. The molecule has 6 heteroatoms. The Morgan fingerprint density at radius 2 is 1.74 bits per heavy atom. The molecule has 6 nitrogen and oxygen atoms in total. The van der Waals surface area contributed by atoms with Crippen molar-refractivity contribution in [1.82, 2.24) is 25.7 Å². The van der Waals surface area contributed by atoms with Crippen molar-refractivity contribution in [3.8, 4) is 11.3 Å². The van der Waals surface area contributed by atoms with E-state index < -0.39 is 0 Å². The summed E-state index contributed by atoms with van der Waals surface area (Å²) in [5.74, 6) is 0.582. The lowest BCUT2D eigenvalue weighted by Crippen LogP contribution is -2.42. The van der Waals surface area contributed by atoms with Crippen LogP contribution in [0.1, 0.15) is 72.6 Å². The van der Waals surface area contributed by atoms with E-state index in [2.05, 4.69) is 65.3 Å². The number of aryl methyl sites for hydroxylation is 1. The number of benzene rings is 2. The highest BCUT2D eigenvalue weighted by molar-refractivity contribution is 5.94. The molecule has 184 valence electrons. The van der Waals surface area contributed by atoms with Crippen LogP contribution in [0.5, 0.6) is 0 Å². The van der Waals surface area contributed by atoms with Gasteiger partial charge in [-0.3, -0.25) is 9.48 Å². The molecule has 1 saturated carbocycles. The zero-order valence-corrected chi connectivity index (χ0v) is 20.8. The van der Waals surface area contributed by atoms with Gasteiger partial charge in [-0.05, 0) is 87.4 Å². The summed E-state index contributed by atoms with van der Waals surface area (Å²) in [6.45, 7) is 4.17. The van der Waals surface area contributed by atoms with Crippen LogP contribution in [0.4, 0.5) is 0 Å². The van der Waals surface area contributed by atoms with Gasteiger partial charge in [0.15, 0.2) is 0 Å². The fraction of sp³-hybridized carbons (Fsp3) is 0.448. The Labute approximate surface area is 208 Å². The van der Waals surface area contributed by atoms with E-state index in [0.717, 1.165) is 55.7 Å². The Morgan fingerprint density at radius 3 is 2.49 bits per heavy atom. The highest BCUT2D eigenvalue weighted by Crippen LogP contribution is 2.35. The van der Waals surface area contributed by atoms with E-state index in [1.165, 1.54) is 17.5 Å². The number of hydrogen-bond acceptors (Lipinski definition) is 4. The summed E-state index contributed by atoms with van der Waals surface area (Å²) in [7, 11) is 2.01. The first-order valence-electron chi connectivity index (χ1n) is 13.0. The first kappa shape index (κ1) is 23.8. The predicted molar refractivity (Wildman–Crippen MR) is 140 cm³/mol. The molecule has 5 rings (SSSR count). The minimum absolute atomic E-state index is 0.0495. The van der Waals surface area contributed by atoms with Gasteiger partial charge < -0.3 is 16.0 Å². The maximum absolute atomic E-state index is 12.6. The first-order valence-corrected chi connectivity index (χ1v) is 13.0. The molecule has 2 aromatic carbocycles. The summed E-state index contributed by atoms with van der Waals surface area (Å²) in [6, 6.07) is 21.9. The second kappa shape index (κ2) is 10.8. The Kier molecular flexibility index (Phi) is 7.30. The molecule has 0 radical (unpaired) electrons. The predicted octanol–water partition coefficient (Wildman–Crippen LogP) is 4.56.